The second-order valence-corrected chi connectivity index (χ2v) is 8.51. The molecule has 0 radical (unpaired) electrons. The summed E-state index contributed by atoms with van der Waals surface area (Å²) in [5.74, 6) is 2.36. The minimum Gasteiger partial charge on any atom is -0.490 e. The molecule has 178 valence electrons. The minimum atomic E-state index is -0.526. The van der Waals surface area contributed by atoms with Crippen molar-refractivity contribution in [1.29, 1.82) is 0 Å². The van der Waals surface area contributed by atoms with E-state index in [9.17, 15) is 4.79 Å². The molecule has 0 spiro atoms. The van der Waals surface area contributed by atoms with Gasteiger partial charge in [0.25, 0.3) is 0 Å². The number of fused-ring (bicyclic) bond motifs is 1. The van der Waals surface area contributed by atoms with E-state index in [-0.39, 0.29) is 6.61 Å². The molecule has 3 rings (SSSR count). The predicted octanol–water partition coefficient (Wildman–Crippen LogP) is 4.99. The van der Waals surface area contributed by atoms with Gasteiger partial charge in [0.15, 0.2) is 11.5 Å². The largest absolute Gasteiger partial charge is 0.490 e. The molecule has 0 saturated heterocycles. The second-order valence-electron chi connectivity index (χ2n) is 7.45. The molecule has 1 unspecified atom stereocenters. The molecule has 1 N–H and O–H groups in total. The summed E-state index contributed by atoms with van der Waals surface area (Å²) in [5, 5.41) is 8.59. The number of benzene rings is 1. The maximum absolute atomic E-state index is 13.1. The molecule has 0 amide bonds. The van der Waals surface area contributed by atoms with Gasteiger partial charge in [-0.15, -0.1) is 5.10 Å². The summed E-state index contributed by atoms with van der Waals surface area (Å²) in [6.45, 7) is 12.8. The molecule has 1 aliphatic heterocycles. The van der Waals surface area contributed by atoms with E-state index in [2.05, 4.69) is 30.7 Å². The van der Waals surface area contributed by atoms with Crippen molar-refractivity contribution in [3.8, 4) is 11.5 Å². The predicted molar refractivity (Wildman–Crippen MR) is 130 cm³/mol. The Kier molecular flexibility index (Phi) is 8.82. The highest BCUT2D eigenvalue weighted by Crippen LogP contribution is 2.40. The number of ether oxygens (including phenoxy) is 3. The minimum absolute atomic E-state index is 0.123. The fourth-order valence-corrected chi connectivity index (χ4v) is 4.15. The maximum Gasteiger partial charge on any atom is 0.338 e. The molecule has 1 atom stereocenters. The van der Waals surface area contributed by atoms with Crippen LogP contribution in [0.15, 0.2) is 47.3 Å². The summed E-state index contributed by atoms with van der Waals surface area (Å²) < 4.78 is 18.9. The van der Waals surface area contributed by atoms with Gasteiger partial charge in [-0.1, -0.05) is 44.3 Å². The lowest BCUT2D eigenvalue weighted by atomic mass is 9.95. The van der Waals surface area contributed by atoms with Crippen LogP contribution in [0, 0.1) is 0 Å². The molecule has 33 heavy (non-hydrogen) atoms. The molecular weight excluding hydrogens is 440 g/mol. The van der Waals surface area contributed by atoms with Gasteiger partial charge in [0.05, 0.1) is 18.8 Å². The Hall–Kier alpha value is -2.94. The number of carbonyl (C=O) groups is 1. The number of carbonyl (C=O) groups excluding carboxylic acids is 1. The summed E-state index contributed by atoms with van der Waals surface area (Å²) in [6.07, 6.45) is 3.45. The van der Waals surface area contributed by atoms with E-state index in [4.69, 9.17) is 19.3 Å². The van der Waals surface area contributed by atoms with Crippen molar-refractivity contribution in [2.45, 2.75) is 51.7 Å². The lowest BCUT2D eigenvalue weighted by Gasteiger charge is -2.28. The summed E-state index contributed by atoms with van der Waals surface area (Å²) in [5.41, 5.74) is 1.96. The summed E-state index contributed by atoms with van der Waals surface area (Å²) >= 11 is 1.58. The van der Waals surface area contributed by atoms with Crippen LogP contribution in [0.25, 0.3) is 0 Å². The van der Waals surface area contributed by atoms with Crippen LogP contribution in [0.1, 0.15) is 52.1 Å². The van der Waals surface area contributed by atoms with Gasteiger partial charge in [0, 0.05) is 11.4 Å². The molecule has 0 fully saturated rings. The number of hydrogen-bond acceptors (Lipinski definition) is 8. The number of nitrogens with one attached hydrogen (secondary N) is 1. The molecule has 1 aliphatic rings. The molecule has 2 heterocycles. The van der Waals surface area contributed by atoms with Crippen LogP contribution in [0.5, 0.6) is 11.5 Å². The summed E-state index contributed by atoms with van der Waals surface area (Å²) in [4.78, 5) is 17.7. The number of thioether (sulfide) groups is 1. The molecule has 2 aromatic rings. The Morgan fingerprint density at radius 3 is 2.76 bits per heavy atom. The van der Waals surface area contributed by atoms with Crippen molar-refractivity contribution in [3.05, 3.63) is 47.7 Å². The smallest absolute Gasteiger partial charge is 0.338 e. The van der Waals surface area contributed by atoms with E-state index in [1.165, 1.54) is 0 Å². The number of allylic oxidation sites excluding steroid dienone is 1. The number of nitrogens with zero attached hydrogens (tertiary/aromatic N) is 3. The van der Waals surface area contributed by atoms with Crippen LogP contribution in [-0.4, -0.2) is 46.3 Å². The van der Waals surface area contributed by atoms with Crippen LogP contribution in [-0.2, 0) is 9.53 Å². The van der Waals surface area contributed by atoms with Gasteiger partial charge < -0.3 is 19.5 Å². The number of rotatable bonds is 12. The number of esters is 1. The van der Waals surface area contributed by atoms with Gasteiger partial charge in [-0.25, -0.2) is 9.48 Å². The maximum atomic E-state index is 13.1. The van der Waals surface area contributed by atoms with Gasteiger partial charge in [-0.05, 0) is 44.4 Å². The first-order chi connectivity index (χ1) is 16.0. The third-order valence-corrected chi connectivity index (χ3v) is 5.91. The highest BCUT2D eigenvalue weighted by Gasteiger charge is 2.35. The summed E-state index contributed by atoms with van der Waals surface area (Å²) in [6, 6.07) is 5.19. The van der Waals surface area contributed by atoms with Crippen LogP contribution in [0.4, 0.5) is 5.95 Å². The van der Waals surface area contributed by atoms with E-state index >= 15 is 0 Å². The molecular formula is C24H32N4O4S. The third-order valence-electron chi connectivity index (χ3n) is 4.87. The Morgan fingerprint density at radius 2 is 2.06 bits per heavy atom. The lowest BCUT2D eigenvalue weighted by molar-refractivity contribution is -0.138. The van der Waals surface area contributed by atoms with Crippen LogP contribution in [0.2, 0.25) is 0 Å². The van der Waals surface area contributed by atoms with Gasteiger partial charge in [0.1, 0.15) is 12.6 Å². The van der Waals surface area contributed by atoms with Crippen molar-refractivity contribution >= 4 is 23.7 Å². The lowest BCUT2D eigenvalue weighted by Crippen LogP contribution is -2.29. The fourth-order valence-electron chi connectivity index (χ4n) is 3.47. The number of hydrogen-bond donors (Lipinski definition) is 1. The Morgan fingerprint density at radius 1 is 1.24 bits per heavy atom. The third kappa shape index (κ3) is 5.71. The summed E-state index contributed by atoms with van der Waals surface area (Å²) in [7, 11) is 0. The monoisotopic (exact) mass is 472 g/mol. The molecule has 1 aromatic heterocycles. The SMILES string of the molecule is C=CCOC(=O)C1=C(C)Nc2nc(SCCC)nn2C1c1ccc(OCCC)c(OCC)c1. The van der Waals surface area contributed by atoms with Gasteiger partial charge in [-0.3, -0.25) is 0 Å². The Balaban J connectivity index is 2.09. The topological polar surface area (TPSA) is 87.5 Å². The first kappa shape index (κ1) is 24.7. The average molecular weight is 473 g/mol. The van der Waals surface area contributed by atoms with Crippen molar-refractivity contribution in [3.63, 3.8) is 0 Å². The van der Waals surface area contributed by atoms with Gasteiger partial charge in [0.2, 0.25) is 11.1 Å². The normalized spacial score (nSPS) is 15.0. The molecule has 9 heteroatoms. The zero-order chi connectivity index (χ0) is 23.8. The molecule has 0 bridgehead atoms. The first-order valence-electron chi connectivity index (χ1n) is 11.3. The van der Waals surface area contributed by atoms with E-state index < -0.39 is 12.0 Å². The van der Waals surface area contributed by atoms with E-state index in [0.717, 1.165) is 24.2 Å². The van der Waals surface area contributed by atoms with E-state index in [1.807, 2.05) is 32.0 Å². The van der Waals surface area contributed by atoms with Gasteiger partial charge in [-0.2, -0.15) is 4.98 Å². The van der Waals surface area contributed by atoms with Gasteiger partial charge >= 0.3 is 5.97 Å². The zero-order valence-corrected chi connectivity index (χ0v) is 20.5. The zero-order valence-electron chi connectivity index (χ0n) is 19.7. The number of aromatic nitrogens is 3. The van der Waals surface area contributed by atoms with Crippen LogP contribution in [0.3, 0.4) is 0 Å². The molecule has 0 aliphatic carbocycles. The second kappa shape index (κ2) is 11.8. The molecule has 0 saturated carbocycles. The van der Waals surface area contributed by atoms with Crippen molar-refractivity contribution in [2.75, 3.05) is 30.9 Å². The van der Waals surface area contributed by atoms with Crippen molar-refractivity contribution < 1.29 is 19.0 Å². The van der Waals surface area contributed by atoms with Crippen molar-refractivity contribution in [2.24, 2.45) is 0 Å². The highest BCUT2D eigenvalue weighted by molar-refractivity contribution is 7.99. The van der Waals surface area contributed by atoms with Crippen molar-refractivity contribution in [1.82, 2.24) is 14.8 Å². The number of anilines is 1. The molecule has 1 aromatic carbocycles. The molecule has 8 nitrogen and oxygen atoms in total. The first-order valence-corrected chi connectivity index (χ1v) is 12.3. The quantitative estimate of drug-likeness (QED) is 0.263. The highest BCUT2D eigenvalue weighted by atomic mass is 32.2. The van der Waals surface area contributed by atoms with E-state index in [0.29, 0.717) is 47.1 Å². The van der Waals surface area contributed by atoms with Crippen LogP contribution >= 0.6 is 11.8 Å². The fraction of sp³-hybridized carbons (Fsp3) is 0.458. The Labute approximate surface area is 199 Å². The average Bonchev–Trinajstić information content (AvgIpc) is 3.21. The van der Waals surface area contributed by atoms with Crippen LogP contribution < -0.4 is 14.8 Å². The standard InChI is InChI=1S/C24H32N4O4S/c1-6-12-31-18-11-10-17(15-19(18)30-9-4)21-20(22(29)32-13-7-2)16(5)25-23-26-24(27-28(21)23)33-14-8-3/h7,10-11,15,21H,2,6,8-9,12-14H2,1,3-5H3,(H,25,26,27). The van der Waals surface area contributed by atoms with E-state index in [1.54, 1.807) is 22.5 Å². The Bertz CT molecular complexity index is 1020.